The van der Waals surface area contributed by atoms with E-state index in [0.29, 0.717) is 0 Å². The van der Waals surface area contributed by atoms with Gasteiger partial charge in [0.05, 0.1) is 11.9 Å². The van der Waals surface area contributed by atoms with Gasteiger partial charge in [-0.25, -0.2) is 4.39 Å². The van der Waals surface area contributed by atoms with Crippen molar-refractivity contribution < 1.29 is 14.3 Å². The molecular weight excluding hydrogens is 403 g/mol. The molecule has 1 atom stereocenters. The van der Waals surface area contributed by atoms with Crippen molar-refractivity contribution in [2.24, 2.45) is 0 Å². The quantitative estimate of drug-likeness (QED) is 0.375. The average Bonchev–Trinajstić information content (AvgIpc) is 2.79. The number of nitrogens with zero attached hydrogens (tertiary/aromatic N) is 2. The molecule has 2 heterocycles. The molecule has 32 heavy (non-hydrogen) atoms. The Bertz CT molecular complexity index is 1080. The molecule has 1 unspecified atom stereocenters. The van der Waals surface area contributed by atoms with Gasteiger partial charge in [0.2, 0.25) is 0 Å². The van der Waals surface area contributed by atoms with E-state index in [9.17, 15) is 14.3 Å². The van der Waals surface area contributed by atoms with Crippen molar-refractivity contribution in [3.63, 3.8) is 0 Å². The monoisotopic (exact) mass is 434 g/mol. The third kappa shape index (κ3) is 5.90. The number of hydrogen-bond donors (Lipinski definition) is 1. The maximum Gasteiger partial charge on any atom is 0.303 e. The van der Waals surface area contributed by atoms with E-state index in [1.165, 1.54) is 48.3 Å². The summed E-state index contributed by atoms with van der Waals surface area (Å²) >= 11 is 0. The average molecular weight is 435 g/mol. The summed E-state index contributed by atoms with van der Waals surface area (Å²) in [7, 11) is 0. The van der Waals surface area contributed by atoms with Gasteiger partial charge in [-0.05, 0) is 92.3 Å². The molecule has 1 aromatic carbocycles. The number of aromatic nitrogens is 2. The molecule has 1 N–H and O–H groups in total. The van der Waals surface area contributed by atoms with Crippen molar-refractivity contribution in [3.8, 4) is 0 Å². The lowest BCUT2D eigenvalue weighted by atomic mass is 9.90. The molecule has 0 amide bonds. The van der Waals surface area contributed by atoms with Crippen LogP contribution in [-0.2, 0) is 24.1 Å². The zero-order valence-corrected chi connectivity index (χ0v) is 18.5. The lowest BCUT2D eigenvalue weighted by molar-refractivity contribution is -0.137. The number of carboxylic acids is 1. The van der Waals surface area contributed by atoms with Crippen LogP contribution in [0.1, 0.15) is 79.8 Å². The molecule has 2 aromatic heterocycles. The van der Waals surface area contributed by atoms with E-state index in [1.807, 2.05) is 6.07 Å². The van der Waals surface area contributed by atoms with E-state index >= 15 is 0 Å². The fraction of sp³-hybridized carbons (Fsp3) is 0.444. The van der Waals surface area contributed by atoms with Gasteiger partial charge < -0.3 is 5.11 Å². The Labute approximate surface area is 188 Å². The van der Waals surface area contributed by atoms with Crippen molar-refractivity contribution in [2.45, 2.75) is 76.5 Å². The lowest BCUT2D eigenvalue weighted by Crippen LogP contribution is -2.07. The zero-order valence-electron chi connectivity index (χ0n) is 18.5. The third-order valence-electron chi connectivity index (χ3n) is 6.53. The number of halogens is 1. The molecule has 1 aliphatic carbocycles. The van der Waals surface area contributed by atoms with Gasteiger partial charge in [-0.1, -0.05) is 25.3 Å². The molecule has 5 heteroatoms. The van der Waals surface area contributed by atoms with Gasteiger partial charge in [0.1, 0.15) is 5.82 Å². The van der Waals surface area contributed by atoms with Gasteiger partial charge >= 0.3 is 5.97 Å². The number of carbonyl (C=O) groups is 1. The molecule has 0 saturated carbocycles. The zero-order chi connectivity index (χ0) is 22.3. The largest absolute Gasteiger partial charge is 0.481 e. The van der Waals surface area contributed by atoms with Crippen LogP contribution in [0.2, 0.25) is 0 Å². The first-order chi connectivity index (χ1) is 15.6. The van der Waals surface area contributed by atoms with Crippen LogP contribution in [0.3, 0.4) is 0 Å². The first kappa shape index (κ1) is 22.4. The number of carboxylic acid groups (broad SMARTS) is 1. The number of benzene rings is 1. The highest BCUT2D eigenvalue weighted by atomic mass is 19.1. The lowest BCUT2D eigenvalue weighted by Gasteiger charge is -2.16. The summed E-state index contributed by atoms with van der Waals surface area (Å²) in [5.74, 6) is -1.22. The number of hydrogen-bond acceptors (Lipinski definition) is 3. The van der Waals surface area contributed by atoms with Crippen LogP contribution >= 0.6 is 0 Å². The molecule has 0 spiro atoms. The highest BCUT2D eigenvalue weighted by molar-refractivity contribution is 5.79. The Kier molecular flexibility index (Phi) is 7.46. The van der Waals surface area contributed by atoms with Gasteiger partial charge in [-0.15, -0.1) is 0 Å². The Morgan fingerprint density at radius 1 is 1.03 bits per heavy atom. The molecule has 1 aliphatic rings. The molecule has 0 aliphatic heterocycles. The van der Waals surface area contributed by atoms with Gasteiger partial charge in [0, 0.05) is 23.0 Å². The van der Waals surface area contributed by atoms with E-state index < -0.39 is 5.97 Å². The smallest absolute Gasteiger partial charge is 0.303 e. The van der Waals surface area contributed by atoms with E-state index in [2.05, 4.69) is 17.1 Å². The molecule has 0 saturated heterocycles. The van der Waals surface area contributed by atoms with Crippen molar-refractivity contribution in [3.05, 3.63) is 70.9 Å². The Balaban J connectivity index is 1.27. The molecule has 0 radical (unpaired) electrons. The Hall–Kier alpha value is -2.82. The van der Waals surface area contributed by atoms with Crippen LogP contribution in [0.5, 0.6) is 0 Å². The maximum absolute atomic E-state index is 13.6. The number of rotatable bonds is 10. The second kappa shape index (κ2) is 10.7. The van der Waals surface area contributed by atoms with E-state index in [4.69, 9.17) is 4.98 Å². The number of aryl methyl sites for hydroxylation is 3. The highest BCUT2D eigenvalue weighted by Gasteiger charge is 2.17. The third-order valence-corrected chi connectivity index (χ3v) is 6.53. The summed E-state index contributed by atoms with van der Waals surface area (Å²) < 4.78 is 13.6. The first-order valence-corrected chi connectivity index (χ1v) is 11.8. The topological polar surface area (TPSA) is 63.1 Å². The fourth-order valence-electron chi connectivity index (χ4n) is 4.76. The van der Waals surface area contributed by atoms with Gasteiger partial charge in [-0.2, -0.15) is 0 Å². The summed E-state index contributed by atoms with van der Waals surface area (Å²) in [5.41, 5.74) is 5.53. The molecule has 168 valence electrons. The predicted molar refractivity (Wildman–Crippen MR) is 124 cm³/mol. The summed E-state index contributed by atoms with van der Waals surface area (Å²) in [5, 5.41) is 10.1. The summed E-state index contributed by atoms with van der Waals surface area (Å²) in [4.78, 5) is 20.7. The molecule has 3 aromatic rings. The number of pyridine rings is 2. The van der Waals surface area contributed by atoms with E-state index in [-0.39, 0.29) is 18.2 Å². The summed E-state index contributed by atoms with van der Waals surface area (Å²) in [6, 6.07) is 10.8. The second-order valence-corrected chi connectivity index (χ2v) is 8.97. The number of unbranched alkanes of at least 4 members (excludes halogenated alkanes) is 3. The summed E-state index contributed by atoms with van der Waals surface area (Å²) in [6.07, 6.45) is 12.7. The Morgan fingerprint density at radius 3 is 2.75 bits per heavy atom. The van der Waals surface area contributed by atoms with Gasteiger partial charge in [-0.3, -0.25) is 14.8 Å². The van der Waals surface area contributed by atoms with Crippen molar-refractivity contribution in [1.82, 2.24) is 9.97 Å². The van der Waals surface area contributed by atoms with Gasteiger partial charge in [0.15, 0.2) is 0 Å². The SMILES string of the molecule is O=C(O)CC(CCCCCCc1ccc2c(n1)CCCC2)c1cnc2ccc(F)cc2c1. The standard InChI is InChI=1S/C27H31FN2O2/c28-23-12-14-25-21(16-23)15-22(18-29-25)20(17-27(31)32)8-3-1-2-4-9-24-13-11-19-7-5-6-10-26(19)30-24/h11-16,18,20H,1-10,17H2,(H,31,32). The first-order valence-electron chi connectivity index (χ1n) is 11.8. The minimum Gasteiger partial charge on any atom is -0.481 e. The normalized spacial score (nSPS) is 14.3. The fourth-order valence-corrected chi connectivity index (χ4v) is 4.76. The minimum absolute atomic E-state index is 0.0710. The number of aliphatic carboxylic acids is 1. The van der Waals surface area contributed by atoms with Crippen LogP contribution in [0.25, 0.3) is 10.9 Å². The predicted octanol–water partition coefficient (Wildman–Crippen LogP) is 6.40. The van der Waals surface area contributed by atoms with Crippen molar-refractivity contribution in [1.29, 1.82) is 0 Å². The second-order valence-electron chi connectivity index (χ2n) is 8.97. The van der Waals surface area contributed by atoms with Gasteiger partial charge in [0.25, 0.3) is 0 Å². The van der Waals surface area contributed by atoms with E-state index in [0.717, 1.165) is 61.4 Å². The minimum atomic E-state index is -0.812. The van der Waals surface area contributed by atoms with Crippen LogP contribution < -0.4 is 0 Å². The van der Waals surface area contributed by atoms with Crippen LogP contribution in [0.15, 0.2) is 42.6 Å². The Morgan fingerprint density at radius 2 is 1.88 bits per heavy atom. The molecular formula is C27H31FN2O2. The van der Waals surface area contributed by atoms with Crippen molar-refractivity contribution >= 4 is 16.9 Å². The molecule has 0 bridgehead atoms. The van der Waals surface area contributed by atoms with E-state index in [1.54, 1.807) is 12.3 Å². The molecule has 4 nitrogen and oxygen atoms in total. The van der Waals surface area contributed by atoms with Crippen LogP contribution in [0.4, 0.5) is 4.39 Å². The van der Waals surface area contributed by atoms with Crippen LogP contribution in [-0.4, -0.2) is 21.0 Å². The summed E-state index contributed by atoms with van der Waals surface area (Å²) in [6.45, 7) is 0. The molecule has 4 rings (SSSR count). The van der Waals surface area contributed by atoms with Crippen LogP contribution in [0, 0.1) is 5.82 Å². The highest BCUT2D eigenvalue weighted by Crippen LogP contribution is 2.28. The number of fused-ring (bicyclic) bond motifs is 2. The maximum atomic E-state index is 13.6. The molecule has 0 fully saturated rings. The van der Waals surface area contributed by atoms with Crippen molar-refractivity contribution in [2.75, 3.05) is 0 Å².